The molecular formula is C20H28Cl2FN3O. The van der Waals surface area contributed by atoms with Crippen LogP contribution in [0.4, 0.5) is 4.39 Å². The Hall–Kier alpha value is -0.880. The van der Waals surface area contributed by atoms with E-state index in [0.29, 0.717) is 35.6 Å². The highest BCUT2D eigenvalue weighted by atomic mass is 35.5. The number of halogens is 3. The minimum atomic E-state index is -0.180. The molecule has 1 unspecified atom stereocenters. The van der Waals surface area contributed by atoms with Crippen LogP contribution in [0.1, 0.15) is 18.4 Å². The van der Waals surface area contributed by atoms with Gasteiger partial charge in [-0.1, -0.05) is 12.1 Å². The molecule has 0 spiro atoms. The Morgan fingerprint density at radius 2 is 1.74 bits per heavy atom. The summed E-state index contributed by atoms with van der Waals surface area (Å²) in [5.41, 5.74) is 1.16. The fourth-order valence-electron chi connectivity index (χ4n) is 5.40. The zero-order chi connectivity index (χ0) is 17.0. The molecule has 5 aliphatic rings. The summed E-state index contributed by atoms with van der Waals surface area (Å²) in [7, 11) is 0. The van der Waals surface area contributed by atoms with Gasteiger partial charge in [-0.15, -0.1) is 24.8 Å². The molecule has 4 aliphatic heterocycles. The molecule has 7 heteroatoms. The highest BCUT2D eigenvalue weighted by Gasteiger charge is 2.58. The molecule has 1 aromatic rings. The average molecular weight is 416 g/mol. The second-order valence-corrected chi connectivity index (χ2v) is 8.42. The molecule has 4 nitrogen and oxygen atoms in total. The molecule has 5 fully saturated rings. The lowest BCUT2D eigenvalue weighted by Gasteiger charge is -2.36. The number of piperidine rings is 2. The van der Waals surface area contributed by atoms with E-state index in [9.17, 15) is 9.18 Å². The van der Waals surface area contributed by atoms with Crippen LogP contribution in [0.5, 0.6) is 0 Å². The van der Waals surface area contributed by atoms with E-state index in [1.165, 1.54) is 18.6 Å². The first kappa shape index (κ1) is 20.8. The zero-order valence-electron chi connectivity index (χ0n) is 15.4. The molecule has 27 heavy (non-hydrogen) atoms. The van der Waals surface area contributed by atoms with Crippen LogP contribution in [-0.4, -0.2) is 54.5 Å². The summed E-state index contributed by atoms with van der Waals surface area (Å²) in [4.78, 5) is 17.8. The fourth-order valence-corrected chi connectivity index (χ4v) is 5.40. The SMILES string of the molecule is Cl.Cl.O=C(C1[C@H]2CNC[C@@H]12)N1C[C@H]2CC[C@@H]1CN(Cc1ccc(F)cc1)C2. The second kappa shape index (κ2) is 8.24. The van der Waals surface area contributed by atoms with Crippen LogP contribution >= 0.6 is 24.8 Å². The molecular weight excluding hydrogens is 388 g/mol. The monoisotopic (exact) mass is 415 g/mol. The Kier molecular flexibility index (Phi) is 6.36. The van der Waals surface area contributed by atoms with Gasteiger partial charge in [-0.25, -0.2) is 4.39 Å². The minimum Gasteiger partial charge on any atom is -0.338 e. The predicted octanol–water partition coefficient (Wildman–Crippen LogP) is 2.56. The van der Waals surface area contributed by atoms with E-state index in [1.54, 1.807) is 0 Å². The Bertz CT molecular complexity index is 664. The summed E-state index contributed by atoms with van der Waals surface area (Å²) in [6, 6.07) is 7.20. The van der Waals surface area contributed by atoms with Crippen molar-refractivity contribution in [3.63, 3.8) is 0 Å². The van der Waals surface area contributed by atoms with E-state index in [4.69, 9.17) is 0 Å². The molecule has 2 bridgehead atoms. The van der Waals surface area contributed by atoms with Crippen molar-refractivity contribution in [2.75, 3.05) is 32.7 Å². The zero-order valence-corrected chi connectivity index (χ0v) is 17.0. The lowest BCUT2D eigenvalue weighted by Crippen LogP contribution is -2.48. The molecule has 6 rings (SSSR count). The van der Waals surface area contributed by atoms with Crippen LogP contribution in [0, 0.1) is 29.5 Å². The van der Waals surface area contributed by atoms with Crippen molar-refractivity contribution < 1.29 is 9.18 Å². The molecule has 1 aliphatic carbocycles. The predicted molar refractivity (Wildman–Crippen MR) is 108 cm³/mol. The van der Waals surface area contributed by atoms with Crippen molar-refractivity contribution >= 4 is 30.7 Å². The molecule has 0 aromatic heterocycles. The number of nitrogens with zero attached hydrogens (tertiary/aromatic N) is 2. The van der Waals surface area contributed by atoms with Gasteiger partial charge in [-0.05, 0) is 61.4 Å². The minimum absolute atomic E-state index is 0. The van der Waals surface area contributed by atoms with Crippen molar-refractivity contribution in [3.05, 3.63) is 35.6 Å². The summed E-state index contributed by atoms with van der Waals surface area (Å²) in [6.07, 6.45) is 2.37. The summed E-state index contributed by atoms with van der Waals surface area (Å²) < 4.78 is 13.1. The number of carbonyl (C=O) groups is 1. The van der Waals surface area contributed by atoms with Crippen molar-refractivity contribution in [2.45, 2.75) is 25.4 Å². The van der Waals surface area contributed by atoms with E-state index >= 15 is 0 Å². The lowest BCUT2D eigenvalue weighted by atomic mass is 9.94. The first-order valence-electron chi connectivity index (χ1n) is 9.67. The van der Waals surface area contributed by atoms with Crippen LogP contribution in [0.3, 0.4) is 0 Å². The lowest BCUT2D eigenvalue weighted by molar-refractivity contribution is -0.137. The standard InChI is InChI=1S/C20H26FN3O.2ClH/c21-15-4-1-13(2-5-15)9-23-10-14-3-6-16(12-23)24(11-14)20(25)19-17-7-22-8-18(17)19;;/h1-2,4-5,14,16-19,22H,3,6-12H2;2*1H/t14-,16+,17-,18+,19?;;/m0../s1. The third kappa shape index (κ3) is 3.98. The van der Waals surface area contributed by atoms with E-state index in [-0.39, 0.29) is 30.6 Å². The molecule has 4 heterocycles. The Morgan fingerprint density at radius 3 is 2.44 bits per heavy atom. The molecule has 150 valence electrons. The van der Waals surface area contributed by atoms with E-state index in [1.807, 2.05) is 12.1 Å². The van der Waals surface area contributed by atoms with Crippen LogP contribution in [0.2, 0.25) is 0 Å². The largest absolute Gasteiger partial charge is 0.338 e. The summed E-state index contributed by atoms with van der Waals surface area (Å²) in [5.74, 6) is 2.33. The summed E-state index contributed by atoms with van der Waals surface area (Å²) >= 11 is 0. The first-order chi connectivity index (χ1) is 12.2. The average Bonchev–Trinajstić information content (AvgIpc) is 3.23. The first-order valence-corrected chi connectivity index (χ1v) is 9.67. The Labute approximate surface area is 172 Å². The van der Waals surface area contributed by atoms with E-state index < -0.39 is 0 Å². The highest BCUT2D eigenvalue weighted by Crippen LogP contribution is 2.50. The molecule has 4 saturated heterocycles. The summed E-state index contributed by atoms with van der Waals surface area (Å²) in [5, 5.41) is 3.39. The molecule has 1 saturated carbocycles. The molecule has 1 amide bonds. The third-order valence-electron chi connectivity index (χ3n) is 6.77. The number of fused-ring (bicyclic) bond motifs is 5. The van der Waals surface area contributed by atoms with Gasteiger partial charge in [0.2, 0.25) is 5.91 Å². The van der Waals surface area contributed by atoms with Crippen molar-refractivity contribution in [1.82, 2.24) is 15.1 Å². The van der Waals surface area contributed by atoms with Gasteiger partial charge in [0.1, 0.15) is 5.82 Å². The fraction of sp³-hybridized carbons (Fsp3) is 0.650. The Morgan fingerprint density at radius 1 is 1.04 bits per heavy atom. The van der Waals surface area contributed by atoms with E-state index in [2.05, 4.69) is 15.1 Å². The number of nitrogens with one attached hydrogen (secondary N) is 1. The molecule has 0 radical (unpaired) electrons. The molecule has 1 aromatic carbocycles. The van der Waals surface area contributed by atoms with Crippen LogP contribution in [0.15, 0.2) is 24.3 Å². The van der Waals surface area contributed by atoms with Gasteiger partial charge in [0, 0.05) is 38.1 Å². The number of hydrogen-bond donors (Lipinski definition) is 1. The van der Waals surface area contributed by atoms with Gasteiger partial charge in [0.25, 0.3) is 0 Å². The van der Waals surface area contributed by atoms with Gasteiger partial charge in [0.05, 0.1) is 0 Å². The number of rotatable bonds is 3. The van der Waals surface area contributed by atoms with Crippen molar-refractivity contribution in [3.8, 4) is 0 Å². The van der Waals surface area contributed by atoms with Crippen LogP contribution < -0.4 is 5.32 Å². The van der Waals surface area contributed by atoms with Gasteiger partial charge in [-0.3, -0.25) is 9.69 Å². The number of benzene rings is 1. The van der Waals surface area contributed by atoms with Crippen molar-refractivity contribution in [2.24, 2.45) is 23.7 Å². The molecule has 1 N–H and O–H groups in total. The van der Waals surface area contributed by atoms with Crippen LogP contribution in [-0.2, 0) is 11.3 Å². The maximum atomic E-state index is 13.1. The number of hydrogen-bond acceptors (Lipinski definition) is 3. The maximum Gasteiger partial charge on any atom is 0.226 e. The second-order valence-electron chi connectivity index (χ2n) is 8.42. The Balaban J connectivity index is 0.00000105. The number of carbonyl (C=O) groups excluding carboxylic acids is 1. The van der Waals surface area contributed by atoms with Crippen LogP contribution in [0.25, 0.3) is 0 Å². The van der Waals surface area contributed by atoms with Gasteiger partial charge >= 0.3 is 0 Å². The van der Waals surface area contributed by atoms with Gasteiger partial charge < -0.3 is 10.2 Å². The molecule has 5 atom stereocenters. The maximum absolute atomic E-state index is 13.1. The van der Waals surface area contributed by atoms with Gasteiger partial charge in [0.15, 0.2) is 0 Å². The summed E-state index contributed by atoms with van der Waals surface area (Å²) in [6.45, 7) is 5.86. The smallest absolute Gasteiger partial charge is 0.226 e. The van der Waals surface area contributed by atoms with Gasteiger partial charge in [-0.2, -0.15) is 0 Å². The quantitative estimate of drug-likeness (QED) is 0.823. The highest BCUT2D eigenvalue weighted by molar-refractivity contribution is 5.85. The van der Waals surface area contributed by atoms with E-state index in [0.717, 1.165) is 51.3 Å². The normalized spacial score (nSPS) is 34.3. The van der Waals surface area contributed by atoms with Crippen molar-refractivity contribution in [1.29, 1.82) is 0 Å². The topological polar surface area (TPSA) is 35.6 Å². The third-order valence-corrected chi connectivity index (χ3v) is 6.77. The number of amides is 1.